The maximum absolute atomic E-state index is 10.9. The smallest absolute Gasteiger partial charge is 0.207 e. The van der Waals surface area contributed by atoms with Gasteiger partial charge in [0.15, 0.2) is 10.7 Å². The maximum atomic E-state index is 10.9. The number of ketones is 1. The molecule has 11 heavy (non-hydrogen) atoms. The fourth-order valence-electron chi connectivity index (χ4n) is 0.824. The van der Waals surface area contributed by atoms with Gasteiger partial charge < -0.3 is 5.11 Å². The zero-order chi connectivity index (χ0) is 8.65. The van der Waals surface area contributed by atoms with Crippen molar-refractivity contribution in [3.05, 3.63) is 22.1 Å². The Hall–Kier alpha value is -1.10. The lowest BCUT2D eigenvalue weighted by molar-refractivity contribution is -0.113. The summed E-state index contributed by atoms with van der Waals surface area (Å²) in [7, 11) is -3.64. The van der Waals surface area contributed by atoms with Gasteiger partial charge in [0.1, 0.15) is 5.76 Å². The summed E-state index contributed by atoms with van der Waals surface area (Å²) in [4.78, 5) is 10.1. The largest absolute Gasteiger partial charge is 0.506 e. The number of aliphatic hydroxyl groups is 1. The minimum Gasteiger partial charge on any atom is -0.506 e. The van der Waals surface area contributed by atoms with E-state index in [9.17, 15) is 13.2 Å². The third kappa shape index (κ3) is 1.19. The zero-order valence-electron chi connectivity index (χ0n) is 5.73. The third-order valence-electron chi connectivity index (χ3n) is 1.24. The van der Waals surface area contributed by atoms with E-state index >= 15 is 0 Å². The first-order valence-corrected chi connectivity index (χ1v) is 4.37. The first kappa shape index (κ1) is 8.00. The predicted molar refractivity (Wildman–Crippen MR) is 38.4 cm³/mol. The molecule has 0 aromatic rings. The van der Waals surface area contributed by atoms with Crippen LogP contribution >= 0.6 is 0 Å². The van der Waals surface area contributed by atoms with E-state index in [1.165, 1.54) is 0 Å². The highest BCUT2D eigenvalue weighted by Gasteiger charge is 2.27. The number of carbonyl (C=O) groups excluding carboxylic acids is 1. The highest BCUT2D eigenvalue weighted by molar-refractivity contribution is 7.99. The summed E-state index contributed by atoms with van der Waals surface area (Å²) in [6, 6.07) is 0. The molecule has 1 aliphatic rings. The molecule has 1 rings (SSSR count). The van der Waals surface area contributed by atoms with Gasteiger partial charge in [0.05, 0.1) is 0 Å². The highest BCUT2D eigenvalue weighted by atomic mass is 32.2. The molecule has 0 aromatic carbocycles. The van der Waals surface area contributed by atoms with E-state index in [1.807, 2.05) is 0 Å². The Bertz CT molecular complexity index is 358. The Morgan fingerprint density at radius 2 is 2.09 bits per heavy atom. The standard InChI is InChI=1S/C6H6O4S/c1-4(7)6-5(8)2-3-11(6,9)10/h2-3,8H,1H3. The van der Waals surface area contributed by atoms with Crippen molar-refractivity contribution in [3.8, 4) is 0 Å². The molecule has 60 valence electrons. The van der Waals surface area contributed by atoms with E-state index < -0.39 is 26.3 Å². The molecule has 1 aliphatic heterocycles. The van der Waals surface area contributed by atoms with Gasteiger partial charge in [-0.25, -0.2) is 8.42 Å². The summed E-state index contributed by atoms with van der Waals surface area (Å²) in [6.07, 6.45) is 0.992. The van der Waals surface area contributed by atoms with Crippen LogP contribution in [0, 0.1) is 0 Å². The molecule has 0 saturated heterocycles. The summed E-state index contributed by atoms with van der Waals surface area (Å²) in [5.74, 6) is -1.12. The summed E-state index contributed by atoms with van der Waals surface area (Å²) in [6.45, 7) is 1.09. The highest BCUT2D eigenvalue weighted by Crippen LogP contribution is 2.21. The molecule has 0 amide bonds. The van der Waals surface area contributed by atoms with Gasteiger partial charge >= 0.3 is 0 Å². The second-order valence-electron chi connectivity index (χ2n) is 2.12. The van der Waals surface area contributed by atoms with Crippen LogP contribution < -0.4 is 0 Å². The van der Waals surface area contributed by atoms with Crippen LogP contribution in [0.1, 0.15) is 6.92 Å². The SMILES string of the molecule is CC(=O)C1=C(O)C=CS1(=O)=O. The minimum absolute atomic E-state index is 0.475. The van der Waals surface area contributed by atoms with Crippen LogP contribution in [-0.4, -0.2) is 19.3 Å². The van der Waals surface area contributed by atoms with Gasteiger partial charge in [-0.15, -0.1) is 0 Å². The van der Waals surface area contributed by atoms with Gasteiger partial charge in [-0.2, -0.15) is 0 Å². The number of Topliss-reactive ketones (excluding diaryl/α,β-unsaturated/α-hetero) is 1. The second-order valence-corrected chi connectivity index (χ2v) is 3.89. The fourth-order valence-corrected chi connectivity index (χ4v) is 2.03. The van der Waals surface area contributed by atoms with Crippen molar-refractivity contribution in [2.75, 3.05) is 0 Å². The first-order valence-electron chi connectivity index (χ1n) is 2.82. The van der Waals surface area contributed by atoms with E-state index in [-0.39, 0.29) is 0 Å². The van der Waals surface area contributed by atoms with Gasteiger partial charge in [-0.1, -0.05) is 0 Å². The van der Waals surface area contributed by atoms with Gasteiger partial charge in [0.25, 0.3) is 0 Å². The maximum Gasteiger partial charge on any atom is 0.207 e. The molecular formula is C6H6O4S. The number of hydrogen-bond donors (Lipinski definition) is 1. The average Bonchev–Trinajstić information content (AvgIpc) is 2.06. The molecule has 1 heterocycles. The first-order chi connectivity index (χ1) is 4.95. The molecule has 0 saturated carbocycles. The van der Waals surface area contributed by atoms with Crippen LogP contribution in [0.25, 0.3) is 0 Å². The van der Waals surface area contributed by atoms with E-state index in [0.717, 1.165) is 18.4 Å². The predicted octanol–water partition coefficient (Wildman–Crippen LogP) is 0.287. The van der Waals surface area contributed by atoms with Crippen molar-refractivity contribution in [1.29, 1.82) is 0 Å². The van der Waals surface area contributed by atoms with Gasteiger partial charge in [-0.05, 0) is 6.08 Å². The Morgan fingerprint density at radius 3 is 2.27 bits per heavy atom. The van der Waals surface area contributed by atoms with Gasteiger partial charge in [0, 0.05) is 12.3 Å². The molecule has 0 atom stereocenters. The number of carbonyl (C=O) groups is 1. The van der Waals surface area contributed by atoms with Crippen molar-refractivity contribution in [3.63, 3.8) is 0 Å². The Morgan fingerprint density at radius 1 is 1.55 bits per heavy atom. The topological polar surface area (TPSA) is 71.4 Å². The van der Waals surface area contributed by atoms with Crippen molar-refractivity contribution in [2.45, 2.75) is 6.92 Å². The molecule has 0 spiro atoms. The molecule has 0 aliphatic carbocycles. The fraction of sp³-hybridized carbons (Fsp3) is 0.167. The number of rotatable bonds is 1. The quantitative estimate of drug-likeness (QED) is 0.620. The van der Waals surface area contributed by atoms with E-state index in [4.69, 9.17) is 5.11 Å². The van der Waals surface area contributed by atoms with Crippen molar-refractivity contribution in [2.24, 2.45) is 0 Å². The Balaban J connectivity index is 3.35. The molecule has 0 unspecified atom stereocenters. The Labute approximate surface area is 63.8 Å². The zero-order valence-corrected chi connectivity index (χ0v) is 6.55. The molecule has 0 fully saturated rings. The van der Waals surface area contributed by atoms with Crippen LogP contribution in [0.4, 0.5) is 0 Å². The van der Waals surface area contributed by atoms with E-state index in [2.05, 4.69) is 0 Å². The molecule has 5 heteroatoms. The molecule has 4 nitrogen and oxygen atoms in total. The average molecular weight is 174 g/mol. The van der Waals surface area contributed by atoms with Crippen molar-refractivity contribution >= 4 is 15.6 Å². The van der Waals surface area contributed by atoms with E-state index in [0.29, 0.717) is 0 Å². The van der Waals surface area contributed by atoms with Crippen LogP contribution in [0.2, 0.25) is 0 Å². The normalized spacial score (nSPS) is 20.8. The summed E-state index contributed by atoms with van der Waals surface area (Å²) >= 11 is 0. The molecule has 0 radical (unpaired) electrons. The monoisotopic (exact) mass is 174 g/mol. The van der Waals surface area contributed by atoms with Gasteiger partial charge in [0.2, 0.25) is 9.84 Å². The number of sulfone groups is 1. The molecule has 0 bridgehead atoms. The van der Waals surface area contributed by atoms with Crippen LogP contribution in [0.15, 0.2) is 22.1 Å². The number of allylic oxidation sites excluding steroid dienone is 2. The van der Waals surface area contributed by atoms with Gasteiger partial charge in [-0.3, -0.25) is 4.79 Å². The third-order valence-corrected chi connectivity index (χ3v) is 2.80. The minimum atomic E-state index is -3.64. The summed E-state index contributed by atoms with van der Waals surface area (Å²) in [5, 5.41) is 9.69. The van der Waals surface area contributed by atoms with Crippen molar-refractivity contribution in [1.82, 2.24) is 0 Å². The lowest BCUT2D eigenvalue weighted by atomic mass is 10.3. The Kier molecular flexibility index (Phi) is 1.60. The van der Waals surface area contributed by atoms with Crippen LogP contribution in [-0.2, 0) is 14.6 Å². The molecular weight excluding hydrogens is 168 g/mol. The second kappa shape index (κ2) is 2.20. The van der Waals surface area contributed by atoms with Crippen LogP contribution in [0.3, 0.4) is 0 Å². The molecule has 1 N–H and O–H groups in total. The summed E-state index contributed by atoms with van der Waals surface area (Å²) in [5.41, 5.74) is 0. The summed E-state index contributed by atoms with van der Waals surface area (Å²) < 4.78 is 21.8. The van der Waals surface area contributed by atoms with Crippen LogP contribution in [0.5, 0.6) is 0 Å². The molecule has 0 aromatic heterocycles. The lowest BCUT2D eigenvalue weighted by Crippen LogP contribution is -2.06. The number of hydrogen-bond acceptors (Lipinski definition) is 4. The van der Waals surface area contributed by atoms with E-state index in [1.54, 1.807) is 0 Å². The lowest BCUT2D eigenvalue weighted by Gasteiger charge is -1.94. The number of aliphatic hydroxyl groups excluding tert-OH is 1. The van der Waals surface area contributed by atoms with Crippen molar-refractivity contribution < 1.29 is 18.3 Å².